The third-order valence-corrected chi connectivity index (χ3v) is 4.73. The number of halogens is 3. The highest BCUT2D eigenvalue weighted by Gasteiger charge is 2.38. The zero-order valence-electron chi connectivity index (χ0n) is 16.1. The number of hydrogen-bond acceptors (Lipinski definition) is 4. The summed E-state index contributed by atoms with van der Waals surface area (Å²) < 4.78 is 49.8. The molecule has 0 saturated heterocycles. The largest absolute Gasteiger partial charge is 0.463 e. The highest BCUT2D eigenvalue weighted by atomic mass is 32.1. The van der Waals surface area contributed by atoms with Gasteiger partial charge in [-0.3, -0.25) is 0 Å². The molecule has 1 aromatic rings. The minimum Gasteiger partial charge on any atom is -0.463 e. The lowest BCUT2D eigenvalue weighted by Crippen LogP contribution is -2.52. The molecule has 1 aliphatic heterocycles. The molecule has 0 saturated carbocycles. The zero-order chi connectivity index (χ0) is 21.1. The molecule has 1 N–H and O–H groups in total. The molecule has 0 aromatic heterocycles. The summed E-state index contributed by atoms with van der Waals surface area (Å²) in [6, 6.07) is 3.80. The maximum Gasteiger partial charge on any atom is 0.416 e. The number of esters is 1. The predicted octanol–water partition coefficient (Wildman–Crippen LogP) is 3.81. The van der Waals surface area contributed by atoms with Gasteiger partial charge >= 0.3 is 12.1 Å². The van der Waals surface area contributed by atoms with Crippen LogP contribution in [0.3, 0.4) is 0 Å². The zero-order valence-corrected chi connectivity index (χ0v) is 16.9. The molecule has 9 heteroatoms. The van der Waals surface area contributed by atoms with Gasteiger partial charge in [0.2, 0.25) is 0 Å². The average molecular weight is 416 g/mol. The molecule has 1 aliphatic rings. The van der Waals surface area contributed by atoms with Crippen LogP contribution in [0.1, 0.15) is 37.9 Å². The van der Waals surface area contributed by atoms with Crippen LogP contribution < -0.4 is 5.32 Å². The molecule has 0 unspecified atom stereocenters. The average Bonchev–Trinajstić information content (AvgIpc) is 2.61. The van der Waals surface area contributed by atoms with Crippen LogP contribution in [0.2, 0.25) is 0 Å². The van der Waals surface area contributed by atoms with Gasteiger partial charge in [0.25, 0.3) is 0 Å². The molecule has 0 radical (unpaired) electrons. The summed E-state index contributed by atoms with van der Waals surface area (Å²) in [6.07, 6.45) is -4.49. The number of methoxy groups -OCH3 is 1. The van der Waals surface area contributed by atoms with Gasteiger partial charge in [0.1, 0.15) is 0 Å². The van der Waals surface area contributed by atoms with Gasteiger partial charge < -0.3 is 19.7 Å². The van der Waals surface area contributed by atoms with Gasteiger partial charge in [0.15, 0.2) is 5.11 Å². The van der Waals surface area contributed by atoms with Crippen molar-refractivity contribution < 1.29 is 27.4 Å². The van der Waals surface area contributed by atoms with Crippen LogP contribution in [0.4, 0.5) is 13.2 Å². The van der Waals surface area contributed by atoms with E-state index < -0.39 is 23.8 Å². The van der Waals surface area contributed by atoms with E-state index in [1.165, 1.54) is 12.1 Å². The maximum atomic E-state index is 13.1. The quantitative estimate of drug-likeness (QED) is 0.562. The number of carbonyl (C=O) groups is 1. The molecule has 0 spiro atoms. The van der Waals surface area contributed by atoms with Gasteiger partial charge in [0, 0.05) is 12.8 Å². The van der Waals surface area contributed by atoms with E-state index in [9.17, 15) is 18.0 Å². The van der Waals surface area contributed by atoms with E-state index in [1.807, 2.05) is 6.92 Å². The van der Waals surface area contributed by atoms with Crippen molar-refractivity contribution in [2.24, 2.45) is 0 Å². The van der Waals surface area contributed by atoms with Gasteiger partial charge in [-0.2, -0.15) is 13.2 Å². The lowest BCUT2D eigenvalue weighted by atomic mass is 9.93. The van der Waals surface area contributed by atoms with Gasteiger partial charge in [-0.1, -0.05) is 12.1 Å². The number of carbonyl (C=O) groups excluding carboxylic acids is 1. The van der Waals surface area contributed by atoms with E-state index in [4.69, 9.17) is 21.7 Å². The highest BCUT2D eigenvalue weighted by Crippen LogP contribution is 2.36. The fourth-order valence-corrected chi connectivity index (χ4v) is 3.66. The van der Waals surface area contributed by atoms with Crippen molar-refractivity contribution in [3.05, 3.63) is 46.7 Å². The van der Waals surface area contributed by atoms with Gasteiger partial charge in [-0.05, 0) is 50.7 Å². The fourth-order valence-electron chi connectivity index (χ4n) is 3.22. The number of ether oxygens (including phenoxy) is 2. The molecule has 0 amide bonds. The Hall–Kier alpha value is -2.13. The van der Waals surface area contributed by atoms with E-state index in [0.717, 1.165) is 12.1 Å². The molecular formula is C19H23F3N2O3S. The number of allylic oxidation sites excluding steroid dienone is 1. The summed E-state index contributed by atoms with van der Waals surface area (Å²) in [6.45, 7) is 5.73. The van der Waals surface area contributed by atoms with Crippen LogP contribution in [-0.4, -0.2) is 42.3 Å². The third kappa shape index (κ3) is 4.64. The second-order valence-electron chi connectivity index (χ2n) is 6.40. The maximum absolute atomic E-state index is 13.1. The first kappa shape index (κ1) is 22.2. The Morgan fingerprint density at radius 3 is 2.64 bits per heavy atom. The van der Waals surface area contributed by atoms with Gasteiger partial charge in [0.05, 0.1) is 36.4 Å². The second kappa shape index (κ2) is 8.91. The lowest BCUT2D eigenvalue weighted by molar-refractivity contribution is -0.139. The van der Waals surface area contributed by atoms with E-state index in [0.29, 0.717) is 17.4 Å². The number of thiocarbonyl (C=S) groups is 1. The van der Waals surface area contributed by atoms with Crippen molar-refractivity contribution in [2.45, 2.75) is 39.0 Å². The van der Waals surface area contributed by atoms with E-state index >= 15 is 0 Å². The Labute approximate surface area is 167 Å². The molecule has 28 heavy (non-hydrogen) atoms. The number of alkyl halides is 3. The number of nitrogens with one attached hydrogen (secondary N) is 1. The minimum atomic E-state index is -4.49. The Morgan fingerprint density at radius 1 is 1.39 bits per heavy atom. The molecule has 0 fully saturated rings. The molecule has 1 heterocycles. The van der Waals surface area contributed by atoms with Crippen molar-refractivity contribution in [1.82, 2.24) is 10.2 Å². The van der Waals surface area contributed by atoms with Crippen LogP contribution >= 0.6 is 12.2 Å². The molecule has 0 bridgehead atoms. The monoisotopic (exact) mass is 416 g/mol. The Morgan fingerprint density at radius 2 is 2.07 bits per heavy atom. The minimum absolute atomic E-state index is 0.142. The van der Waals surface area contributed by atoms with Crippen LogP contribution in [-0.2, 0) is 20.4 Å². The molecule has 2 atom stereocenters. The summed E-state index contributed by atoms with van der Waals surface area (Å²) in [5.41, 5.74) is 0.222. The van der Waals surface area contributed by atoms with E-state index in [1.54, 1.807) is 25.9 Å². The van der Waals surface area contributed by atoms with E-state index in [-0.39, 0.29) is 23.8 Å². The van der Waals surface area contributed by atoms with Gasteiger partial charge in [-0.25, -0.2) is 4.79 Å². The van der Waals surface area contributed by atoms with Crippen LogP contribution in [0.15, 0.2) is 35.5 Å². The van der Waals surface area contributed by atoms with Crippen LogP contribution in [0.5, 0.6) is 0 Å². The first-order chi connectivity index (χ1) is 13.1. The van der Waals surface area contributed by atoms with Gasteiger partial charge in [-0.15, -0.1) is 0 Å². The number of rotatable bonds is 6. The highest BCUT2D eigenvalue weighted by molar-refractivity contribution is 7.80. The van der Waals surface area contributed by atoms with Crippen molar-refractivity contribution in [3.8, 4) is 0 Å². The normalized spacial score (nSPS) is 18.8. The summed E-state index contributed by atoms with van der Waals surface area (Å²) in [5, 5.41) is 3.30. The SMILES string of the molecule is CCOC(=O)C1=C(C)N([C@@H](C)COC)C(=S)N[C@@H]1c1cccc(C(F)(F)F)c1. The van der Waals surface area contributed by atoms with E-state index in [2.05, 4.69) is 5.32 Å². The molecule has 2 rings (SSSR count). The summed E-state index contributed by atoms with van der Waals surface area (Å²) >= 11 is 5.43. The summed E-state index contributed by atoms with van der Waals surface area (Å²) in [7, 11) is 1.55. The topological polar surface area (TPSA) is 50.8 Å². The predicted molar refractivity (Wildman–Crippen MR) is 102 cm³/mol. The Kier molecular flexibility index (Phi) is 7.06. The smallest absolute Gasteiger partial charge is 0.416 e. The Bertz CT molecular complexity index is 780. The lowest BCUT2D eigenvalue weighted by Gasteiger charge is -2.40. The second-order valence-corrected chi connectivity index (χ2v) is 6.79. The third-order valence-electron chi connectivity index (χ3n) is 4.42. The first-order valence-corrected chi connectivity index (χ1v) is 9.16. The molecule has 1 aromatic carbocycles. The fraction of sp³-hybridized carbons (Fsp3) is 0.474. The van der Waals surface area contributed by atoms with Crippen molar-refractivity contribution in [3.63, 3.8) is 0 Å². The van der Waals surface area contributed by atoms with Crippen molar-refractivity contribution in [1.29, 1.82) is 0 Å². The summed E-state index contributed by atoms with van der Waals surface area (Å²) in [5.74, 6) is -0.605. The molecular weight excluding hydrogens is 393 g/mol. The number of hydrogen-bond donors (Lipinski definition) is 1. The molecule has 5 nitrogen and oxygen atoms in total. The first-order valence-electron chi connectivity index (χ1n) is 8.75. The summed E-state index contributed by atoms with van der Waals surface area (Å²) in [4.78, 5) is 14.4. The van der Waals surface area contributed by atoms with Crippen LogP contribution in [0.25, 0.3) is 0 Å². The number of nitrogens with zero attached hydrogens (tertiary/aromatic N) is 1. The molecule has 0 aliphatic carbocycles. The Balaban J connectivity index is 2.57. The number of benzene rings is 1. The van der Waals surface area contributed by atoms with Crippen LogP contribution in [0, 0.1) is 0 Å². The van der Waals surface area contributed by atoms with Crippen molar-refractivity contribution in [2.75, 3.05) is 20.3 Å². The molecule has 154 valence electrons. The standard InChI is InChI=1S/C19H23F3N2O3S/c1-5-27-17(25)15-12(3)24(11(2)10-26-4)18(28)23-16(15)13-7-6-8-14(9-13)19(20,21)22/h6-9,11,16H,5,10H2,1-4H3,(H,23,28)/t11-,16+/m0/s1. The van der Waals surface area contributed by atoms with Crippen molar-refractivity contribution >= 4 is 23.3 Å².